The van der Waals surface area contributed by atoms with Crippen LogP contribution in [0.5, 0.6) is 0 Å². The highest BCUT2D eigenvalue weighted by molar-refractivity contribution is 5.36. The van der Waals surface area contributed by atoms with E-state index in [-0.39, 0.29) is 0 Å². The van der Waals surface area contributed by atoms with Crippen LogP contribution in [0.1, 0.15) is 30.1 Å². The zero-order valence-corrected chi connectivity index (χ0v) is 14.5. The molecule has 0 bridgehead atoms. The van der Waals surface area contributed by atoms with E-state index in [0.29, 0.717) is 19.1 Å². The molecule has 0 radical (unpaired) electrons. The highest BCUT2D eigenvalue weighted by Crippen LogP contribution is 2.25. The minimum absolute atomic E-state index is 0.500. The summed E-state index contributed by atoms with van der Waals surface area (Å²) >= 11 is 0. The molecule has 1 saturated heterocycles. The van der Waals surface area contributed by atoms with Crippen molar-refractivity contribution in [2.45, 2.75) is 31.8 Å². The van der Waals surface area contributed by atoms with Crippen LogP contribution >= 0.6 is 0 Å². The lowest BCUT2D eigenvalue weighted by Crippen LogP contribution is -2.31. The van der Waals surface area contributed by atoms with E-state index in [1.165, 1.54) is 19.4 Å². The number of methoxy groups -OCH3 is 1. The highest BCUT2D eigenvalue weighted by Gasteiger charge is 2.20. The van der Waals surface area contributed by atoms with E-state index in [4.69, 9.17) is 4.74 Å². The minimum atomic E-state index is 0.500. The predicted octanol–water partition coefficient (Wildman–Crippen LogP) is 1.74. The Labute approximate surface area is 143 Å². The van der Waals surface area contributed by atoms with Crippen molar-refractivity contribution in [2.24, 2.45) is 0 Å². The first-order valence-electron chi connectivity index (χ1n) is 8.48. The van der Waals surface area contributed by atoms with Crippen LogP contribution in [0.2, 0.25) is 0 Å². The van der Waals surface area contributed by atoms with Gasteiger partial charge in [0.2, 0.25) is 0 Å². The molecule has 1 atom stereocenters. The van der Waals surface area contributed by atoms with Crippen LogP contribution in [0.15, 0.2) is 24.9 Å². The Kier molecular flexibility index (Phi) is 5.77. The van der Waals surface area contributed by atoms with Gasteiger partial charge in [0.15, 0.2) is 0 Å². The van der Waals surface area contributed by atoms with Crippen LogP contribution in [0.25, 0.3) is 0 Å². The monoisotopic (exact) mass is 330 g/mol. The van der Waals surface area contributed by atoms with Crippen molar-refractivity contribution in [3.8, 4) is 0 Å². The smallest absolute Gasteiger partial charge is 0.129 e. The molecule has 1 unspecified atom stereocenters. The summed E-state index contributed by atoms with van der Waals surface area (Å²) < 4.78 is 7.22. The molecule has 7 heteroatoms. The fraction of sp³-hybridized carbons (Fsp3) is 0.588. The summed E-state index contributed by atoms with van der Waals surface area (Å²) in [7, 11) is 3.88. The van der Waals surface area contributed by atoms with Gasteiger partial charge in [-0.05, 0) is 26.4 Å². The van der Waals surface area contributed by atoms with Gasteiger partial charge in [0.05, 0.1) is 30.9 Å². The summed E-state index contributed by atoms with van der Waals surface area (Å²) in [5.74, 6) is 1.37. The van der Waals surface area contributed by atoms with Gasteiger partial charge in [0.25, 0.3) is 0 Å². The van der Waals surface area contributed by atoms with Crippen molar-refractivity contribution >= 4 is 5.82 Å². The van der Waals surface area contributed by atoms with Crippen LogP contribution < -0.4 is 5.32 Å². The van der Waals surface area contributed by atoms with Crippen LogP contribution in [0.3, 0.4) is 0 Å². The molecule has 0 spiro atoms. The fourth-order valence-corrected chi connectivity index (χ4v) is 3.17. The van der Waals surface area contributed by atoms with Gasteiger partial charge < -0.3 is 19.5 Å². The second kappa shape index (κ2) is 8.21. The van der Waals surface area contributed by atoms with Crippen molar-refractivity contribution < 1.29 is 4.74 Å². The number of ether oxygens (including phenoxy) is 1. The fourth-order valence-electron chi connectivity index (χ4n) is 3.17. The van der Waals surface area contributed by atoms with Gasteiger partial charge in [-0.15, -0.1) is 0 Å². The largest absolute Gasteiger partial charge is 0.383 e. The van der Waals surface area contributed by atoms with Gasteiger partial charge in [-0.3, -0.25) is 0 Å². The lowest BCUT2D eigenvalue weighted by Gasteiger charge is -2.29. The number of nitrogens with one attached hydrogen (secondary N) is 1. The molecular weight excluding hydrogens is 304 g/mol. The number of hydrogen-bond acceptors (Lipinski definition) is 6. The Balaban J connectivity index is 1.62. The van der Waals surface area contributed by atoms with E-state index in [1.807, 2.05) is 12.5 Å². The van der Waals surface area contributed by atoms with Gasteiger partial charge >= 0.3 is 0 Å². The molecule has 24 heavy (non-hydrogen) atoms. The number of hydrogen-bond donors (Lipinski definition) is 1. The molecule has 0 aliphatic carbocycles. The number of likely N-dealkylation sites (N-methyl/N-ethyl adjacent to an activating group) is 1. The quantitative estimate of drug-likeness (QED) is 0.834. The zero-order chi connectivity index (χ0) is 16.8. The molecule has 3 heterocycles. The van der Waals surface area contributed by atoms with Gasteiger partial charge in [-0.1, -0.05) is 0 Å². The SMILES string of the molecule is COCCn1cncc1CNc1cc(C2CCCN(C)C2)ncn1. The van der Waals surface area contributed by atoms with Crippen molar-refractivity contribution in [3.63, 3.8) is 0 Å². The second-order valence-corrected chi connectivity index (χ2v) is 6.35. The molecule has 130 valence electrons. The minimum Gasteiger partial charge on any atom is -0.383 e. The maximum absolute atomic E-state index is 5.13. The van der Waals surface area contributed by atoms with E-state index in [1.54, 1.807) is 13.4 Å². The van der Waals surface area contributed by atoms with Crippen LogP contribution in [-0.4, -0.2) is 58.3 Å². The molecule has 0 amide bonds. The Morgan fingerprint density at radius 2 is 2.29 bits per heavy atom. The Hall–Kier alpha value is -1.99. The molecule has 0 saturated carbocycles. The molecule has 1 fully saturated rings. The van der Waals surface area contributed by atoms with Crippen LogP contribution in [-0.2, 0) is 17.8 Å². The molecule has 1 N–H and O–H groups in total. The van der Waals surface area contributed by atoms with E-state index in [9.17, 15) is 0 Å². The molecule has 1 aliphatic heterocycles. The van der Waals surface area contributed by atoms with Crippen molar-refractivity contribution in [2.75, 3.05) is 39.2 Å². The molecule has 0 aromatic carbocycles. The normalized spacial score (nSPS) is 18.7. The van der Waals surface area contributed by atoms with Gasteiger partial charge in [-0.2, -0.15) is 0 Å². The lowest BCUT2D eigenvalue weighted by molar-refractivity contribution is 0.186. The Morgan fingerprint density at radius 3 is 3.12 bits per heavy atom. The molecule has 1 aliphatic rings. The van der Waals surface area contributed by atoms with Crippen LogP contribution in [0.4, 0.5) is 5.82 Å². The predicted molar refractivity (Wildman–Crippen MR) is 92.9 cm³/mol. The first-order valence-corrected chi connectivity index (χ1v) is 8.48. The lowest BCUT2D eigenvalue weighted by atomic mass is 9.95. The molecular formula is C17H26N6O. The molecule has 2 aromatic heterocycles. The standard InChI is InChI=1S/C17H26N6O/c1-22-5-3-4-14(11-22)16-8-17(21-12-20-16)19-10-15-9-18-13-23(15)6-7-24-2/h8-9,12-14H,3-7,10-11H2,1-2H3,(H,19,20,21). The van der Waals surface area contributed by atoms with Gasteiger partial charge in [0, 0.05) is 38.4 Å². The zero-order valence-electron chi connectivity index (χ0n) is 14.5. The van der Waals surface area contributed by atoms with Crippen molar-refractivity contribution in [1.29, 1.82) is 0 Å². The summed E-state index contributed by atoms with van der Waals surface area (Å²) in [4.78, 5) is 15.4. The van der Waals surface area contributed by atoms with Gasteiger partial charge in [0.1, 0.15) is 12.1 Å². The van der Waals surface area contributed by atoms with E-state index >= 15 is 0 Å². The highest BCUT2D eigenvalue weighted by atomic mass is 16.5. The van der Waals surface area contributed by atoms with Crippen LogP contribution in [0, 0.1) is 0 Å². The molecule has 2 aromatic rings. The number of aromatic nitrogens is 4. The third kappa shape index (κ3) is 4.30. The summed E-state index contributed by atoms with van der Waals surface area (Å²) in [6.07, 6.45) is 7.80. The number of anilines is 1. The number of rotatable bonds is 7. The summed E-state index contributed by atoms with van der Waals surface area (Å²) in [6, 6.07) is 2.08. The van der Waals surface area contributed by atoms with Crippen molar-refractivity contribution in [1.82, 2.24) is 24.4 Å². The van der Waals surface area contributed by atoms with E-state index in [0.717, 1.165) is 30.3 Å². The molecule has 7 nitrogen and oxygen atoms in total. The average Bonchev–Trinajstić information content (AvgIpc) is 3.06. The first kappa shape index (κ1) is 16.9. The van der Waals surface area contributed by atoms with Gasteiger partial charge in [-0.25, -0.2) is 15.0 Å². The van der Waals surface area contributed by atoms with Crippen molar-refractivity contribution in [3.05, 3.63) is 36.3 Å². The number of nitrogens with zero attached hydrogens (tertiary/aromatic N) is 5. The number of imidazole rings is 1. The van der Waals surface area contributed by atoms with E-state index in [2.05, 4.69) is 42.8 Å². The second-order valence-electron chi connectivity index (χ2n) is 6.35. The Morgan fingerprint density at radius 1 is 1.38 bits per heavy atom. The number of likely N-dealkylation sites (tertiary alicyclic amines) is 1. The Bertz CT molecular complexity index is 644. The summed E-state index contributed by atoms with van der Waals surface area (Å²) in [6.45, 7) is 4.41. The molecule has 3 rings (SSSR count). The third-order valence-electron chi connectivity index (χ3n) is 4.52. The maximum Gasteiger partial charge on any atom is 0.129 e. The average molecular weight is 330 g/mol. The van der Waals surface area contributed by atoms with E-state index < -0.39 is 0 Å². The first-order chi connectivity index (χ1) is 11.8. The topological polar surface area (TPSA) is 68.1 Å². The third-order valence-corrected chi connectivity index (χ3v) is 4.52. The number of piperidine rings is 1. The maximum atomic E-state index is 5.13. The summed E-state index contributed by atoms with van der Waals surface area (Å²) in [5, 5.41) is 3.39. The summed E-state index contributed by atoms with van der Waals surface area (Å²) in [5.41, 5.74) is 2.25.